The molecule has 0 saturated carbocycles. The number of carboxylic acids is 3. The Morgan fingerprint density at radius 1 is 0.656 bits per heavy atom. The summed E-state index contributed by atoms with van der Waals surface area (Å²) in [5.74, 6) is -9.02. The molecular weight excluding hydrogens is 507 g/mol. The fraction of sp³-hybridized carbons (Fsp3) is 0.562. The summed E-state index contributed by atoms with van der Waals surface area (Å²) in [6, 6.07) is 0. The predicted octanol–water partition coefficient (Wildman–Crippen LogP) is 1.08. The smallest absolute Gasteiger partial charge is 0.430 e. The Hall–Kier alpha value is -2.03. The summed E-state index contributed by atoms with van der Waals surface area (Å²) in [5, 5.41) is 26.4. The van der Waals surface area contributed by atoms with Crippen LogP contribution in [0.2, 0.25) is 0 Å². The zero-order valence-corrected chi connectivity index (χ0v) is 18.4. The number of carbonyl (C=O) groups is 3. The van der Waals surface area contributed by atoms with Gasteiger partial charge in [0.1, 0.15) is 17.9 Å². The second kappa shape index (κ2) is 12.3. The molecule has 0 saturated heterocycles. The van der Waals surface area contributed by atoms with Crippen LogP contribution in [0.25, 0.3) is 0 Å². The summed E-state index contributed by atoms with van der Waals surface area (Å²) < 4.78 is 96.2. The molecule has 32 heavy (non-hydrogen) atoms. The van der Waals surface area contributed by atoms with Crippen LogP contribution in [0, 0.1) is 5.41 Å². The van der Waals surface area contributed by atoms with Crippen LogP contribution in [0.15, 0.2) is 20.6 Å². The number of hydrogen-bond acceptors (Lipinski definition) is 6. The Bertz CT molecular complexity index is 676. The van der Waals surface area contributed by atoms with Crippen LogP contribution in [-0.4, -0.2) is 36.4 Å². The minimum atomic E-state index is -5.19. The number of carbonyl (C=O) groups excluding carboxylic acids is 3. The monoisotopic (exact) mass is 522 g/mol. The zero-order valence-electron chi connectivity index (χ0n) is 16.9. The largest absolute Gasteiger partial charge is 0.542 e. The summed E-state index contributed by atoms with van der Waals surface area (Å²) in [4.78, 5) is 26.4. The molecule has 0 spiro atoms. The second-order valence-corrected chi connectivity index (χ2v) is 7.01. The van der Waals surface area contributed by atoms with E-state index in [1.54, 1.807) is 0 Å². The summed E-state index contributed by atoms with van der Waals surface area (Å²) in [6.45, 7) is 11.3. The van der Waals surface area contributed by atoms with E-state index in [2.05, 4.69) is 55.1 Å². The number of rotatable bonds is 0. The molecule has 1 rings (SSSR count). The van der Waals surface area contributed by atoms with Crippen molar-refractivity contribution >= 4 is 17.9 Å². The Kier molecular flexibility index (Phi) is 13.3. The number of halogens is 9. The van der Waals surface area contributed by atoms with Crippen molar-refractivity contribution < 1.29 is 89.7 Å². The number of carboxylic acid groups (broad SMARTS) is 3. The van der Waals surface area contributed by atoms with Gasteiger partial charge in [-0.3, -0.25) is 0 Å². The van der Waals surface area contributed by atoms with Gasteiger partial charge in [0.15, 0.2) is 0 Å². The normalized spacial score (nSPS) is 15.5. The molecule has 6 nitrogen and oxygen atoms in total. The van der Waals surface area contributed by atoms with Gasteiger partial charge >= 0.3 is 99.6 Å². The first kappa shape index (κ1) is 34.6. The van der Waals surface area contributed by atoms with Gasteiger partial charge in [-0.25, -0.2) is 0 Å². The van der Waals surface area contributed by atoms with Gasteiger partial charge in [-0.2, -0.15) is 39.5 Å². The third-order valence-electron chi connectivity index (χ3n) is 3.76. The molecule has 0 aromatic carbocycles. The number of aliphatic carboxylic acids is 3. The van der Waals surface area contributed by atoms with Gasteiger partial charge in [-0.15, -0.1) is 0 Å². The van der Waals surface area contributed by atoms with Gasteiger partial charge in [-0.1, -0.05) is 0 Å². The van der Waals surface area contributed by atoms with Gasteiger partial charge in [0, 0.05) is 0 Å². The quantitative estimate of drug-likeness (QED) is 0.347. The average molecular weight is 522 g/mol. The first-order valence-corrected chi connectivity index (χ1v) is 8.46. The fourth-order valence-electron chi connectivity index (χ4n) is 1.59. The molecule has 0 heterocycles. The molecule has 0 aliphatic heterocycles. The van der Waals surface area contributed by atoms with E-state index in [4.69, 9.17) is 29.7 Å². The van der Waals surface area contributed by atoms with Gasteiger partial charge in [0.05, 0.1) is 0 Å². The maximum absolute atomic E-state index is 10.5. The minimum absolute atomic E-state index is 0.314. The van der Waals surface area contributed by atoms with Crippen molar-refractivity contribution in [1.29, 1.82) is 0 Å². The van der Waals surface area contributed by atoms with E-state index in [0.29, 0.717) is 5.41 Å². The van der Waals surface area contributed by atoms with Crippen LogP contribution in [0.4, 0.5) is 39.5 Å². The summed E-state index contributed by atoms with van der Waals surface area (Å²) in [6.07, 6.45) is -15.6. The van der Waals surface area contributed by atoms with E-state index in [9.17, 15) is 39.5 Å². The number of alkyl halides is 9. The van der Waals surface area contributed by atoms with E-state index in [0.717, 1.165) is 0 Å². The summed E-state index contributed by atoms with van der Waals surface area (Å²) >= 11 is 2.25. The molecule has 1 aliphatic carbocycles. The SMILES string of the molecule is CC1=C(C)C(C)(C)[C]([Ti+3])=C1C.O=C([O-])C(F)(F)F.O=C([O-])C(F)(F)F.O=C([O-])C(F)(F)F. The van der Waals surface area contributed by atoms with Crippen molar-refractivity contribution in [3.8, 4) is 0 Å². The van der Waals surface area contributed by atoms with E-state index in [-0.39, 0.29) is 0 Å². The molecule has 1 aliphatic rings. The van der Waals surface area contributed by atoms with Crippen LogP contribution < -0.4 is 15.3 Å². The van der Waals surface area contributed by atoms with Gasteiger partial charge in [0.25, 0.3) is 0 Å². The van der Waals surface area contributed by atoms with Crippen molar-refractivity contribution in [2.45, 2.75) is 53.1 Å². The van der Waals surface area contributed by atoms with E-state index in [1.807, 2.05) is 0 Å². The molecule has 0 fully saturated rings. The maximum Gasteiger partial charge on any atom is 0.430 e. The fourth-order valence-corrected chi connectivity index (χ4v) is 2.18. The van der Waals surface area contributed by atoms with Crippen molar-refractivity contribution in [3.63, 3.8) is 0 Å². The van der Waals surface area contributed by atoms with Crippen molar-refractivity contribution in [1.82, 2.24) is 0 Å². The Morgan fingerprint density at radius 2 is 0.844 bits per heavy atom. The van der Waals surface area contributed by atoms with Crippen LogP contribution in [0.5, 0.6) is 0 Å². The summed E-state index contributed by atoms with van der Waals surface area (Å²) in [5.41, 5.74) is 4.83. The topological polar surface area (TPSA) is 120 Å². The zero-order chi connectivity index (χ0) is 27.0. The first-order valence-electron chi connectivity index (χ1n) is 7.68. The Morgan fingerprint density at radius 3 is 0.875 bits per heavy atom. The van der Waals surface area contributed by atoms with E-state index < -0.39 is 36.4 Å². The molecule has 0 radical (unpaired) electrons. The van der Waals surface area contributed by atoms with Crippen molar-refractivity contribution in [3.05, 3.63) is 20.6 Å². The third-order valence-corrected chi connectivity index (χ3v) is 5.32. The second-order valence-electron chi connectivity index (χ2n) is 6.23. The predicted molar refractivity (Wildman–Crippen MR) is 78.0 cm³/mol. The van der Waals surface area contributed by atoms with Crippen LogP contribution in [0.1, 0.15) is 34.6 Å². The minimum Gasteiger partial charge on any atom is -0.542 e. The van der Waals surface area contributed by atoms with Crippen molar-refractivity contribution in [2.75, 3.05) is 0 Å². The van der Waals surface area contributed by atoms with Gasteiger partial charge < -0.3 is 29.7 Å². The Labute approximate surface area is 187 Å². The molecule has 0 bridgehead atoms. The average Bonchev–Trinajstić information content (AvgIpc) is 2.69. The molecular formula is C16H15F9O6Ti. The standard InChI is InChI=1S/C10H15.3C2HF3O2.Ti/c1-7-6-10(4,5)9(3)8(7)2;3*3-2(4,5)1(6)7;/h1-5H3;3*(H,6,7);/q;;;;+3/p-3. The molecule has 0 aromatic rings. The van der Waals surface area contributed by atoms with Crippen LogP contribution >= 0.6 is 0 Å². The molecule has 0 amide bonds. The van der Waals surface area contributed by atoms with Gasteiger partial charge in [0.2, 0.25) is 0 Å². The molecule has 182 valence electrons. The molecule has 0 unspecified atom stereocenters. The first-order chi connectivity index (χ1) is 13.7. The maximum atomic E-state index is 10.5. The molecule has 0 aromatic heterocycles. The summed E-state index contributed by atoms with van der Waals surface area (Å²) in [7, 11) is 0. The van der Waals surface area contributed by atoms with E-state index >= 15 is 0 Å². The van der Waals surface area contributed by atoms with E-state index in [1.165, 1.54) is 20.6 Å². The Balaban J connectivity index is -0.000000361. The molecule has 0 N–H and O–H groups in total. The van der Waals surface area contributed by atoms with Crippen molar-refractivity contribution in [2.24, 2.45) is 5.41 Å². The number of allylic oxidation sites excluding steroid dienone is 4. The molecule has 16 heteroatoms. The van der Waals surface area contributed by atoms with Gasteiger partial charge in [-0.05, 0) is 0 Å². The third kappa shape index (κ3) is 12.7. The molecule has 0 atom stereocenters. The van der Waals surface area contributed by atoms with Crippen LogP contribution in [0.3, 0.4) is 0 Å². The number of hydrogen-bond donors (Lipinski definition) is 0. The van der Waals surface area contributed by atoms with Crippen LogP contribution in [-0.2, 0) is 34.8 Å².